The number of nitrogens with one attached hydrogen (secondary N) is 1. The Bertz CT molecular complexity index is 807. The van der Waals surface area contributed by atoms with E-state index in [4.69, 9.17) is 10.8 Å². The maximum atomic E-state index is 12.3. The Kier molecular flexibility index (Phi) is 3.26. The van der Waals surface area contributed by atoms with Gasteiger partial charge in [0.2, 0.25) is 11.4 Å². The number of aromatic nitrogens is 4. The number of rotatable bonds is 3. The van der Waals surface area contributed by atoms with E-state index in [1.807, 2.05) is 0 Å². The summed E-state index contributed by atoms with van der Waals surface area (Å²) >= 11 is 0. The lowest BCUT2D eigenvalue weighted by Crippen LogP contribution is -2.27. The Morgan fingerprint density at radius 3 is 2.75 bits per heavy atom. The third kappa shape index (κ3) is 2.25. The number of carboxylic acids is 1. The molecule has 0 aliphatic heterocycles. The lowest BCUT2D eigenvalue weighted by atomic mass is 10.0. The highest BCUT2D eigenvalue weighted by molar-refractivity contribution is 5.75. The molecule has 2 heterocycles. The van der Waals surface area contributed by atoms with E-state index >= 15 is 0 Å². The summed E-state index contributed by atoms with van der Waals surface area (Å²) in [5, 5.41) is 12.6. The number of carboxylic acid groups (broad SMARTS) is 1. The number of aryl methyl sites for hydroxylation is 1. The zero-order chi connectivity index (χ0) is 15.0. The van der Waals surface area contributed by atoms with Crippen molar-refractivity contribution in [2.75, 3.05) is 5.73 Å². The molecule has 9 nitrogen and oxygen atoms in total. The number of aromatic amines is 1. The fourth-order valence-electron chi connectivity index (χ4n) is 1.98. The summed E-state index contributed by atoms with van der Waals surface area (Å²) in [5.74, 6) is -1.79. The molecule has 0 unspecified atom stereocenters. The van der Waals surface area contributed by atoms with Gasteiger partial charge in [0.05, 0.1) is 6.42 Å². The van der Waals surface area contributed by atoms with Crippen molar-refractivity contribution < 1.29 is 9.90 Å². The Morgan fingerprint density at radius 1 is 1.50 bits per heavy atom. The maximum absolute atomic E-state index is 12.3. The molecule has 0 bridgehead atoms. The summed E-state index contributed by atoms with van der Waals surface area (Å²) in [6.07, 6.45) is -0.256. The van der Waals surface area contributed by atoms with Crippen LogP contribution in [0.1, 0.15) is 25.0 Å². The predicted octanol–water partition coefficient (Wildman–Crippen LogP) is -0.823. The lowest BCUT2D eigenvalue weighted by Gasteiger charge is -2.10. The third-order valence-electron chi connectivity index (χ3n) is 2.89. The molecule has 0 fully saturated rings. The number of carbonyl (C=O) groups is 1. The van der Waals surface area contributed by atoms with Gasteiger partial charge in [-0.1, -0.05) is 6.92 Å². The molecule has 4 N–H and O–H groups in total. The molecule has 2 aromatic heterocycles. The topological polar surface area (TPSA) is 144 Å². The van der Waals surface area contributed by atoms with E-state index in [9.17, 15) is 14.4 Å². The highest BCUT2D eigenvalue weighted by atomic mass is 16.4. The number of anilines is 1. The second-order valence-corrected chi connectivity index (χ2v) is 4.49. The summed E-state index contributed by atoms with van der Waals surface area (Å²) < 4.78 is 1.25. The first-order chi connectivity index (χ1) is 9.31. The molecule has 1 atom stereocenters. The number of aliphatic carboxylic acids is 1. The third-order valence-corrected chi connectivity index (χ3v) is 2.89. The van der Waals surface area contributed by atoms with Crippen molar-refractivity contribution in [1.29, 1.82) is 0 Å². The van der Waals surface area contributed by atoms with Crippen molar-refractivity contribution in [2.24, 2.45) is 7.05 Å². The van der Waals surface area contributed by atoms with Crippen LogP contribution in [0.15, 0.2) is 9.59 Å². The van der Waals surface area contributed by atoms with E-state index in [2.05, 4.69) is 15.1 Å². The van der Waals surface area contributed by atoms with Crippen molar-refractivity contribution in [3.63, 3.8) is 0 Å². The summed E-state index contributed by atoms with van der Waals surface area (Å²) in [6.45, 7) is 1.56. The molecule has 0 amide bonds. The van der Waals surface area contributed by atoms with E-state index in [0.717, 1.165) is 0 Å². The van der Waals surface area contributed by atoms with E-state index in [-0.39, 0.29) is 29.1 Å². The number of H-pyrrole nitrogens is 1. The largest absolute Gasteiger partial charge is 0.481 e. The van der Waals surface area contributed by atoms with E-state index in [0.29, 0.717) is 0 Å². The van der Waals surface area contributed by atoms with Gasteiger partial charge in [0.15, 0.2) is 5.65 Å². The zero-order valence-electron chi connectivity index (χ0n) is 10.9. The fraction of sp³-hybridized carbons (Fsp3) is 0.364. The van der Waals surface area contributed by atoms with Crippen LogP contribution < -0.4 is 16.7 Å². The molecule has 20 heavy (non-hydrogen) atoms. The number of hydrogen-bond donors (Lipinski definition) is 3. The molecule has 0 spiro atoms. The van der Waals surface area contributed by atoms with Gasteiger partial charge in [-0.3, -0.25) is 19.4 Å². The van der Waals surface area contributed by atoms with E-state index < -0.39 is 22.9 Å². The Morgan fingerprint density at radius 2 is 2.15 bits per heavy atom. The van der Waals surface area contributed by atoms with Gasteiger partial charge in [-0.05, 0) is 0 Å². The van der Waals surface area contributed by atoms with E-state index in [1.165, 1.54) is 11.7 Å². The monoisotopic (exact) mass is 279 g/mol. The smallest absolute Gasteiger partial charge is 0.304 e. The van der Waals surface area contributed by atoms with Crippen molar-refractivity contribution in [3.8, 4) is 0 Å². The molecule has 0 saturated carbocycles. The van der Waals surface area contributed by atoms with Crippen LogP contribution >= 0.6 is 0 Å². The molecule has 2 rings (SSSR count). The standard InChI is InChI=1S/C11H13N5O4/c1-4(3-5(17)18)7-8(19)6-9(16(2)15-7)13-11(12)14-10(6)20/h4H,3H2,1-2H3,(H,17,18)(H3,12,13,14,20)/t4-/m1/s1. The number of hydrogen-bond acceptors (Lipinski definition) is 6. The minimum Gasteiger partial charge on any atom is -0.481 e. The first-order valence-corrected chi connectivity index (χ1v) is 5.79. The molecule has 9 heteroatoms. The summed E-state index contributed by atoms with van der Waals surface area (Å²) in [4.78, 5) is 40.9. The van der Waals surface area contributed by atoms with Crippen LogP contribution in [0, 0.1) is 0 Å². The van der Waals surface area contributed by atoms with Gasteiger partial charge in [0.25, 0.3) is 5.56 Å². The second kappa shape index (κ2) is 4.76. The van der Waals surface area contributed by atoms with Crippen LogP contribution in [-0.4, -0.2) is 30.8 Å². The fourth-order valence-corrected chi connectivity index (χ4v) is 1.98. The lowest BCUT2D eigenvalue weighted by molar-refractivity contribution is -0.137. The van der Waals surface area contributed by atoms with E-state index in [1.54, 1.807) is 6.92 Å². The molecule has 0 saturated heterocycles. The van der Waals surface area contributed by atoms with Gasteiger partial charge in [0.1, 0.15) is 11.1 Å². The summed E-state index contributed by atoms with van der Waals surface area (Å²) in [5.41, 5.74) is 4.20. The Labute approximate surface area is 112 Å². The highest BCUT2D eigenvalue weighted by Gasteiger charge is 2.20. The van der Waals surface area contributed by atoms with Crippen LogP contribution in [0.2, 0.25) is 0 Å². The van der Waals surface area contributed by atoms with Crippen LogP contribution in [-0.2, 0) is 11.8 Å². The van der Waals surface area contributed by atoms with Crippen LogP contribution in [0.5, 0.6) is 0 Å². The number of fused-ring (bicyclic) bond motifs is 1. The van der Waals surface area contributed by atoms with Gasteiger partial charge in [-0.25, -0.2) is 4.68 Å². The molecule has 2 aromatic rings. The van der Waals surface area contributed by atoms with Crippen molar-refractivity contribution in [2.45, 2.75) is 19.3 Å². The van der Waals surface area contributed by atoms with Gasteiger partial charge in [-0.15, -0.1) is 0 Å². The summed E-state index contributed by atoms with van der Waals surface area (Å²) in [6, 6.07) is 0. The van der Waals surface area contributed by atoms with Crippen LogP contribution in [0.3, 0.4) is 0 Å². The minimum absolute atomic E-state index is 0.0134. The average Bonchev–Trinajstić information content (AvgIpc) is 2.31. The molecule has 0 aliphatic rings. The van der Waals surface area contributed by atoms with Gasteiger partial charge < -0.3 is 10.8 Å². The first kappa shape index (κ1) is 13.7. The zero-order valence-corrected chi connectivity index (χ0v) is 10.9. The SMILES string of the molecule is C[C@H](CC(=O)O)c1nn(C)c2nc(N)[nH]c(=O)c2c1=O. The van der Waals surface area contributed by atoms with Gasteiger partial charge >= 0.3 is 5.97 Å². The van der Waals surface area contributed by atoms with Crippen LogP contribution in [0.25, 0.3) is 11.0 Å². The van der Waals surface area contributed by atoms with Gasteiger partial charge in [0, 0.05) is 13.0 Å². The maximum Gasteiger partial charge on any atom is 0.304 e. The number of nitrogens with zero attached hydrogens (tertiary/aromatic N) is 3. The molecule has 0 radical (unpaired) electrons. The summed E-state index contributed by atoms with van der Waals surface area (Å²) in [7, 11) is 1.50. The number of nitrogen functional groups attached to an aromatic ring is 1. The quantitative estimate of drug-likeness (QED) is 0.665. The Balaban J connectivity index is 2.78. The predicted molar refractivity (Wildman–Crippen MR) is 70.5 cm³/mol. The number of nitrogens with two attached hydrogens (primary N) is 1. The molecule has 0 aliphatic carbocycles. The molecule has 106 valence electrons. The van der Waals surface area contributed by atoms with Crippen molar-refractivity contribution in [3.05, 3.63) is 26.3 Å². The minimum atomic E-state index is -1.05. The average molecular weight is 279 g/mol. The van der Waals surface area contributed by atoms with Gasteiger partial charge in [-0.2, -0.15) is 10.1 Å². The molecular weight excluding hydrogens is 266 g/mol. The highest BCUT2D eigenvalue weighted by Crippen LogP contribution is 2.14. The molecule has 0 aromatic carbocycles. The first-order valence-electron chi connectivity index (χ1n) is 5.79. The second-order valence-electron chi connectivity index (χ2n) is 4.49. The normalized spacial score (nSPS) is 12.5. The Hall–Kier alpha value is -2.71. The molecular formula is C11H13N5O4. The van der Waals surface area contributed by atoms with Crippen molar-refractivity contribution in [1.82, 2.24) is 19.7 Å². The van der Waals surface area contributed by atoms with Crippen molar-refractivity contribution >= 4 is 23.0 Å². The van der Waals surface area contributed by atoms with Crippen LogP contribution in [0.4, 0.5) is 5.95 Å².